The first-order valence-electron chi connectivity index (χ1n) is 5.97. The number of nitrogen functional groups attached to an aromatic ring is 1. The second-order valence-electron chi connectivity index (χ2n) is 4.25. The number of benzene rings is 1. The minimum Gasteiger partial charge on any atom is -0.493 e. The standard InChI is InChI=1S/C11H17NO7S2/c12-10-8-9(2-3-11(10)21(16,17)18)19-5-1-6-20(14,15)7-4-13/h2-3,8,13H,1,4-7,12H2,(H,16,17,18). The van der Waals surface area contributed by atoms with E-state index in [1.54, 1.807) is 0 Å². The number of aliphatic hydroxyl groups is 1. The number of rotatable bonds is 8. The molecule has 21 heavy (non-hydrogen) atoms. The van der Waals surface area contributed by atoms with Crippen molar-refractivity contribution in [2.24, 2.45) is 0 Å². The molecular weight excluding hydrogens is 322 g/mol. The molecule has 4 N–H and O–H groups in total. The highest BCUT2D eigenvalue weighted by molar-refractivity contribution is 7.91. The Kier molecular flexibility index (Phi) is 5.96. The van der Waals surface area contributed by atoms with Gasteiger partial charge < -0.3 is 15.6 Å². The van der Waals surface area contributed by atoms with E-state index in [0.717, 1.165) is 6.07 Å². The number of hydrogen-bond donors (Lipinski definition) is 3. The molecule has 0 fully saturated rings. The highest BCUT2D eigenvalue weighted by Gasteiger charge is 2.14. The van der Waals surface area contributed by atoms with Crippen molar-refractivity contribution in [1.29, 1.82) is 0 Å². The van der Waals surface area contributed by atoms with Gasteiger partial charge in [0.15, 0.2) is 9.84 Å². The molecule has 0 radical (unpaired) electrons. The van der Waals surface area contributed by atoms with E-state index in [0.29, 0.717) is 0 Å². The number of sulfone groups is 1. The van der Waals surface area contributed by atoms with Crippen molar-refractivity contribution in [2.45, 2.75) is 11.3 Å². The van der Waals surface area contributed by atoms with Crippen LogP contribution in [0.15, 0.2) is 23.1 Å². The van der Waals surface area contributed by atoms with Crippen LogP contribution in [-0.2, 0) is 20.0 Å². The molecule has 0 saturated heterocycles. The third-order valence-corrected chi connectivity index (χ3v) is 5.17. The van der Waals surface area contributed by atoms with Gasteiger partial charge in [-0.2, -0.15) is 8.42 Å². The summed E-state index contributed by atoms with van der Waals surface area (Å²) < 4.78 is 58.7. The van der Waals surface area contributed by atoms with Gasteiger partial charge in [-0.25, -0.2) is 8.42 Å². The van der Waals surface area contributed by atoms with Crippen LogP contribution in [0, 0.1) is 0 Å². The maximum Gasteiger partial charge on any atom is 0.296 e. The summed E-state index contributed by atoms with van der Waals surface area (Å²) in [6.45, 7) is -0.327. The van der Waals surface area contributed by atoms with Crippen LogP contribution < -0.4 is 10.5 Å². The lowest BCUT2D eigenvalue weighted by atomic mass is 10.3. The molecular formula is C11H17NO7S2. The number of hydrogen-bond acceptors (Lipinski definition) is 7. The van der Waals surface area contributed by atoms with Crippen molar-refractivity contribution in [1.82, 2.24) is 0 Å². The zero-order chi connectivity index (χ0) is 16.1. The molecule has 0 saturated carbocycles. The minimum atomic E-state index is -4.38. The Morgan fingerprint density at radius 3 is 2.33 bits per heavy atom. The van der Waals surface area contributed by atoms with Crippen LogP contribution >= 0.6 is 0 Å². The Bertz CT molecular complexity index is 683. The number of anilines is 1. The van der Waals surface area contributed by atoms with Crippen molar-refractivity contribution in [3.8, 4) is 5.75 Å². The van der Waals surface area contributed by atoms with E-state index in [-0.39, 0.29) is 36.0 Å². The predicted molar refractivity (Wildman–Crippen MR) is 76.5 cm³/mol. The summed E-state index contributed by atoms with van der Waals surface area (Å²) in [7, 11) is -7.67. The molecule has 1 rings (SSSR count). The van der Waals surface area contributed by atoms with E-state index < -0.39 is 31.5 Å². The summed E-state index contributed by atoms with van der Waals surface area (Å²) in [6.07, 6.45) is 0.224. The third kappa shape index (κ3) is 5.87. The molecule has 1 aromatic rings. The number of nitrogens with two attached hydrogens (primary N) is 1. The highest BCUT2D eigenvalue weighted by atomic mass is 32.2. The van der Waals surface area contributed by atoms with Gasteiger partial charge in [0.05, 0.1) is 30.4 Å². The van der Waals surface area contributed by atoms with Crippen LogP contribution in [-0.4, -0.2) is 51.2 Å². The Labute approximate surface area is 123 Å². The van der Waals surface area contributed by atoms with Crippen molar-refractivity contribution in [3.05, 3.63) is 18.2 Å². The van der Waals surface area contributed by atoms with Crippen LogP contribution in [0.2, 0.25) is 0 Å². The van der Waals surface area contributed by atoms with Gasteiger partial charge in [0.2, 0.25) is 0 Å². The Morgan fingerprint density at radius 1 is 1.14 bits per heavy atom. The van der Waals surface area contributed by atoms with Gasteiger partial charge in [-0.05, 0) is 18.6 Å². The summed E-state index contributed by atoms with van der Waals surface area (Å²) in [5.74, 6) is -0.144. The first kappa shape index (κ1) is 17.7. The van der Waals surface area contributed by atoms with Gasteiger partial charge in [-0.3, -0.25) is 4.55 Å². The van der Waals surface area contributed by atoms with Gasteiger partial charge in [0.25, 0.3) is 10.1 Å². The molecule has 0 heterocycles. The largest absolute Gasteiger partial charge is 0.493 e. The molecule has 0 bridgehead atoms. The summed E-state index contributed by atoms with van der Waals surface area (Å²) >= 11 is 0. The van der Waals surface area contributed by atoms with Gasteiger partial charge >= 0.3 is 0 Å². The van der Waals surface area contributed by atoms with Gasteiger partial charge in [-0.15, -0.1) is 0 Å². The number of aliphatic hydroxyl groups excluding tert-OH is 1. The third-order valence-electron chi connectivity index (χ3n) is 2.53. The van der Waals surface area contributed by atoms with Crippen molar-refractivity contribution in [2.75, 3.05) is 30.5 Å². The quantitative estimate of drug-likeness (QED) is 0.332. The molecule has 8 nitrogen and oxygen atoms in total. The zero-order valence-corrected chi connectivity index (χ0v) is 12.7. The van der Waals surface area contributed by atoms with Crippen LogP contribution in [0.4, 0.5) is 5.69 Å². The number of ether oxygens (including phenoxy) is 1. The summed E-state index contributed by atoms with van der Waals surface area (Å²) in [6, 6.07) is 3.63. The normalized spacial score (nSPS) is 12.3. The van der Waals surface area contributed by atoms with Crippen molar-refractivity contribution >= 4 is 25.6 Å². The molecule has 1 aromatic carbocycles. The van der Waals surface area contributed by atoms with E-state index in [1.165, 1.54) is 12.1 Å². The lowest BCUT2D eigenvalue weighted by Gasteiger charge is -2.09. The first-order valence-corrected chi connectivity index (χ1v) is 9.23. The van der Waals surface area contributed by atoms with Crippen LogP contribution in [0.1, 0.15) is 6.42 Å². The molecule has 0 atom stereocenters. The second-order valence-corrected chi connectivity index (χ2v) is 7.95. The highest BCUT2D eigenvalue weighted by Crippen LogP contribution is 2.23. The van der Waals surface area contributed by atoms with Gasteiger partial charge in [0.1, 0.15) is 10.6 Å². The fourth-order valence-electron chi connectivity index (χ4n) is 1.56. The molecule has 0 aliphatic rings. The van der Waals surface area contributed by atoms with E-state index in [9.17, 15) is 16.8 Å². The second kappa shape index (κ2) is 7.07. The molecule has 0 unspecified atom stereocenters. The van der Waals surface area contributed by atoms with E-state index in [2.05, 4.69) is 0 Å². The van der Waals surface area contributed by atoms with E-state index in [1.807, 2.05) is 0 Å². The fourth-order valence-corrected chi connectivity index (χ4v) is 3.20. The van der Waals surface area contributed by atoms with Crippen LogP contribution in [0.5, 0.6) is 5.75 Å². The Balaban J connectivity index is 2.56. The van der Waals surface area contributed by atoms with Gasteiger partial charge in [-0.1, -0.05) is 0 Å². The smallest absolute Gasteiger partial charge is 0.296 e. The summed E-state index contributed by atoms with van der Waals surface area (Å²) in [4.78, 5) is -0.416. The monoisotopic (exact) mass is 339 g/mol. The average molecular weight is 339 g/mol. The average Bonchev–Trinajstić information content (AvgIpc) is 2.33. The molecule has 0 aliphatic carbocycles. The topological polar surface area (TPSA) is 144 Å². The summed E-state index contributed by atoms with van der Waals surface area (Å²) in [5, 5.41) is 8.56. The summed E-state index contributed by atoms with van der Waals surface area (Å²) in [5.41, 5.74) is 5.31. The van der Waals surface area contributed by atoms with Crippen molar-refractivity contribution in [3.63, 3.8) is 0 Å². The molecule has 0 amide bonds. The molecule has 0 aromatic heterocycles. The molecule has 10 heteroatoms. The van der Waals surface area contributed by atoms with Crippen LogP contribution in [0.25, 0.3) is 0 Å². The lowest BCUT2D eigenvalue weighted by molar-refractivity contribution is 0.314. The lowest BCUT2D eigenvalue weighted by Crippen LogP contribution is -2.16. The zero-order valence-electron chi connectivity index (χ0n) is 11.1. The Hall–Kier alpha value is -1.36. The SMILES string of the molecule is Nc1cc(OCCCS(=O)(=O)CCO)ccc1S(=O)(=O)O. The van der Waals surface area contributed by atoms with E-state index in [4.69, 9.17) is 20.1 Å². The maximum atomic E-state index is 11.3. The predicted octanol–water partition coefficient (Wildman–Crippen LogP) is -0.308. The molecule has 120 valence electrons. The van der Waals surface area contributed by atoms with Crippen molar-refractivity contribution < 1.29 is 31.2 Å². The van der Waals surface area contributed by atoms with Gasteiger partial charge in [0, 0.05) is 6.07 Å². The first-order chi connectivity index (χ1) is 9.65. The fraction of sp³-hybridized carbons (Fsp3) is 0.455. The minimum absolute atomic E-state index is 0.0926. The maximum absolute atomic E-state index is 11.3. The molecule has 0 spiro atoms. The Morgan fingerprint density at radius 2 is 1.81 bits per heavy atom. The van der Waals surface area contributed by atoms with E-state index >= 15 is 0 Å². The molecule has 0 aliphatic heterocycles. The van der Waals surface area contributed by atoms with Crippen LogP contribution in [0.3, 0.4) is 0 Å².